The van der Waals surface area contributed by atoms with E-state index in [4.69, 9.17) is 19.9 Å². The third-order valence-electron chi connectivity index (χ3n) is 4.30. The highest BCUT2D eigenvalue weighted by molar-refractivity contribution is 5.85. The van der Waals surface area contributed by atoms with Crippen molar-refractivity contribution in [3.8, 4) is 11.5 Å². The van der Waals surface area contributed by atoms with Crippen molar-refractivity contribution in [1.29, 1.82) is 0 Å². The number of carbonyl (C=O) groups excluding carboxylic acids is 1. The molecule has 1 fully saturated rings. The molecule has 1 saturated heterocycles. The molecule has 21 heavy (non-hydrogen) atoms. The van der Waals surface area contributed by atoms with Crippen LogP contribution in [0.4, 0.5) is 0 Å². The van der Waals surface area contributed by atoms with Gasteiger partial charge in [0.05, 0.1) is 6.61 Å². The van der Waals surface area contributed by atoms with E-state index in [1.807, 2.05) is 18.2 Å². The first-order chi connectivity index (χ1) is 10.2. The first-order valence-electron chi connectivity index (χ1n) is 7.09. The maximum atomic E-state index is 12.0. The Kier molecular flexibility index (Phi) is 3.73. The van der Waals surface area contributed by atoms with Gasteiger partial charge in [-0.05, 0) is 25.5 Å². The number of methoxy groups -OCH3 is 1. The third-order valence-corrected chi connectivity index (χ3v) is 4.30. The van der Waals surface area contributed by atoms with Crippen molar-refractivity contribution in [3.63, 3.8) is 0 Å². The number of rotatable bonds is 5. The van der Waals surface area contributed by atoms with E-state index in [2.05, 4.69) is 4.90 Å². The molecule has 0 aromatic heterocycles. The van der Waals surface area contributed by atoms with Crippen LogP contribution in [0.2, 0.25) is 0 Å². The third kappa shape index (κ3) is 2.34. The molecule has 2 N–H and O–H groups in total. The van der Waals surface area contributed by atoms with Crippen LogP contribution in [0.1, 0.15) is 18.4 Å². The smallest absolute Gasteiger partial charge is 0.240 e. The van der Waals surface area contributed by atoms with E-state index in [-0.39, 0.29) is 12.7 Å². The first-order valence-corrected chi connectivity index (χ1v) is 7.09. The number of nitrogens with two attached hydrogens (primary N) is 1. The zero-order valence-corrected chi connectivity index (χ0v) is 12.1. The van der Waals surface area contributed by atoms with Crippen LogP contribution in [-0.2, 0) is 16.1 Å². The van der Waals surface area contributed by atoms with Crippen LogP contribution in [0.3, 0.4) is 0 Å². The molecule has 1 aromatic carbocycles. The lowest BCUT2D eigenvalue weighted by atomic mass is 9.95. The number of ether oxygens (including phenoxy) is 3. The lowest BCUT2D eigenvalue weighted by molar-refractivity contribution is -0.132. The lowest BCUT2D eigenvalue weighted by Gasteiger charge is -2.35. The number of benzene rings is 1. The second-order valence-corrected chi connectivity index (χ2v) is 5.50. The van der Waals surface area contributed by atoms with Gasteiger partial charge >= 0.3 is 0 Å². The molecule has 6 nitrogen and oxygen atoms in total. The van der Waals surface area contributed by atoms with E-state index in [9.17, 15) is 4.79 Å². The molecular weight excluding hydrogens is 272 g/mol. The summed E-state index contributed by atoms with van der Waals surface area (Å²) in [4.78, 5) is 14.1. The van der Waals surface area contributed by atoms with Crippen molar-refractivity contribution in [1.82, 2.24) is 4.90 Å². The van der Waals surface area contributed by atoms with E-state index in [1.165, 1.54) is 0 Å². The molecule has 0 aliphatic carbocycles. The summed E-state index contributed by atoms with van der Waals surface area (Å²) in [7, 11) is 1.60. The maximum Gasteiger partial charge on any atom is 0.240 e. The fourth-order valence-corrected chi connectivity index (χ4v) is 3.24. The average Bonchev–Trinajstić information content (AvgIpc) is 3.08. The van der Waals surface area contributed by atoms with Crippen LogP contribution in [0.25, 0.3) is 0 Å². The molecule has 3 rings (SSSR count). The Morgan fingerprint density at radius 2 is 2.33 bits per heavy atom. The van der Waals surface area contributed by atoms with Crippen LogP contribution in [-0.4, -0.2) is 43.4 Å². The second kappa shape index (κ2) is 5.54. The molecule has 2 aliphatic rings. The van der Waals surface area contributed by atoms with Gasteiger partial charge in [-0.3, -0.25) is 9.69 Å². The van der Waals surface area contributed by atoms with Crippen LogP contribution >= 0.6 is 0 Å². The predicted molar refractivity (Wildman–Crippen MR) is 76.0 cm³/mol. The van der Waals surface area contributed by atoms with Gasteiger partial charge in [0.2, 0.25) is 12.7 Å². The molecule has 1 aromatic rings. The van der Waals surface area contributed by atoms with Crippen molar-refractivity contribution < 1.29 is 19.0 Å². The first kappa shape index (κ1) is 14.2. The quantitative estimate of drug-likeness (QED) is 0.872. The lowest BCUT2D eigenvalue weighted by Crippen LogP contribution is -2.56. The topological polar surface area (TPSA) is 74.0 Å². The summed E-state index contributed by atoms with van der Waals surface area (Å²) in [6.45, 7) is 1.97. The second-order valence-electron chi connectivity index (χ2n) is 5.50. The van der Waals surface area contributed by atoms with Crippen molar-refractivity contribution in [2.24, 2.45) is 5.73 Å². The molecule has 1 atom stereocenters. The van der Waals surface area contributed by atoms with E-state index in [0.717, 1.165) is 36.4 Å². The summed E-state index contributed by atoms with van der Waals surface area (Å²) in [5, 5.41) is 0. The SMILES string of the molecule is COCC1(C(N)=O)CCCN1Cc1cccc2c1OCO2. The number of para-hydroxylation sites is 1. The molecule has 1 amide bonds. The number of nitrogens with zero attached hydrogens (tertiary/aromatic N) is 1. The molecule has 0 radical (unpaired) electrons. The van der Waals surface area contributed by atoms with Gasteiger partial charge in [0, 0.05) is 19.2 Å². The summed E-state index contributed by atoms with van der Waals surface area (Å²) in [5.74, 6) is 1.19. The van der Waals surface area contributed by atoms with Gasteiger partial charge in [-0.2, -0.15) is 0 Å². The van der Waals surface area contributed by atoms with Gasteiger partial charge in [0.15, 0.2) is 11.5 Å². The fourth-order valence-electron chi connectivity index (χ4n) is 3.24. The Morgan fingerprint density at radius 3 is 3.10 bits per heavy atom. The predicted octanol–water partition coefficient (Wildman–Crippen LogP) is 0.882. The molecule has 6 heteroatoms. The minimum Gasteiger partial charge on any atom is -0.454 e. The maximum absolute atomic E-state index is 12.0. The van der Waals surface area contributed by atoms with Crippen LogP contribution in [0.15, 0.2) is 18.2 Å². The van der Waals surface area contributed by atoms with Crippen LogP contribution < -0.4 is 15.2 Å². The molecule has 114 valence electrons. The van der Waals surface area contributed by atoms with Crippen molar-refractivity contribution in [3.05, 3.63) is 23.8 Å². The highest BCUT2D eigenvalue weighted by atomic mass is 16.7. The minimum absolute atomic E-state index is 0.241. The van der Waals surface area contributed by atoms with E-state index < -0.39 is 5.54 Å². The Balaban J connectivity index is 1.87. The highest BCUT2D eigenvalue weighted by Gasteiger charge is 2.46. The number of carbonyl (C=O) groups is 1. The van der Waals surface area contributed by atoms with E-state index in [1.54, 1.807) is 7.11 Å². The van der Waals surface area contributed by atoms with Crippen LogP contribution in [0.5, 0.6) is 11.5 Å². The van der Waals surface area contributed by atoms with Gasteiger partial charge in [0.25, 0.3) is 0 Å². The Bertz CT molecular complexity index is 548. The van der Waals surface area contributed by atoms with Gasteiger partial charge < -0.3 is 19.9 Å². The van der Waals surface area contributed by atoms with Gasteiger partial charge in [0.1, 0.15) is 5.54 Å². The summed E-state index contributed by atoms with van der Waals surface area (Å²) in [6.07, 6.45) is 1.65. The summed E-state index contributed by atoms with van der Waals surface area (Å²) in [5.41, 5.74) is 5.94. The van der Waals surface area contributed by atoms with Crippen molar-refractivity contribution >= 4 is 5.91 Å². The molecule has 0 spiro atoms. The van der Waals surface area contributed by atoms with E-state index in [0.29, 0.717) is 13.2 Å². The number of hydrogen-bond donors (Lipinski definition) is 1. The molecule has 2 heterocycles. The monoisotopic (exact) mass is 292 g/mol. The zero-order chi connectivity index (χ0) is 14.9. The number of hydrogen-bond acceptors (Lipinski definition) is 5. The Hall–Kier alpha value is -1.79. The number of fused-ring (bicyclic) bond motifs is 1. The van der Waals surface area contributed by atoms with Gasteiger partial charge in [-0.1, -0.05) is 12.1 Å². The fraction of sp³-hybridized carbons (Fsp3) is 0.533. The molecule has 1 unspecified atom stereocenters. The van der Waals surface area contributed by atoms with Crippen molar-refractivity contribution in [2.45, 2.75) is 24.9 Å². The van der Waals surface area contributed by atoms with E-state index >= 15 is 0 Å². The zero-order valence-electron chi connectivity index (χ0n) is 12.1. The largest absolute Gasteiger partial charge is 0.454 e. The Morgan fingerprint density at radius 1 is 1.48 bits per heavy atom. The normalized spacial score (nSPS) is 24.4. The average molecular weight is 292 g/mol. The summed E-state index contributed by atoms with van der Waals surface area (Å²) >= 11 is 0. The van der Waals surface area contributed by atoms with Gasteiger partial charge in [-0.15, -0.1) is 0 Å². The summed E-state index contributed by atoms with van der Waals surface area (Å²) in [6, 6.07) is 5.80. The van der Waals surface area contributed by atoms with Crippen molar-refractivity contribution in [2.75, 3.05) is 27.1 Å². The number of amides is 1. The minimum atomic E-state index is -0.725. The molecular formula is C15H20N2O4. The van der Waals surface area contributed by atoms with Gasteiger partial charge in [-0.25, -0.2) is 0 Å². The summed E-state index contributed by atoms with van der Waals surface area (Å²) < 4.78 is 16.2. The molecule has 2 aliphatic heterocycles. The van der Waals surface area contributed by atoms with Crippen LogP contribution in [0, 0.1) is 0 Å². The number of primary amides is 1. The number of likely N-dealkylation sites (tertiary alicyclic amines) is 1. The molecule has 0 saturated carbocycles. The highest BCUT2D eigenvalue weighted by Crippen LogP contribution is 2.38. The standard InChI is InChI=1S/C15H20N2O4/c1-19-9-15(14(16)18)6-3-7-17(15)8-11-4-2-5-12-13(11)21-10-20-12/h2,4-5H,3,6-10H2,1H3,(H2,16,18). The molecule has 0 bridgehead atoms. The Labute approximate surface area is 123 Å².